The Morgan fingerprint density at radius 2 is 2.00 bits per heavy atom. The van der Waals surface area contributed by atoms with Crippen LogP contribution >= 0.6 is 0 Å². The molecule has 2 rings (SSSR count). The summed E-state index contributed by atoms with van der Waals surface area (Å²) in [5.41, 5.74) is 0. The van der Waals surface area contributed by atoms with Crippen LogP contribution in [0.4, 0.5) is 0 Å². The molecule has 102 valence electrons. The first-order valence-electron chi connectivity index (χ1n) is 6.35. The predicted molar refractivity (Wildman–Crippen MR) is 62.1 cm³/mol. The van der Waals surface area contributed by atoms with E-state index in [1.165, 1.54) is 0 Å². The van der Waals surface area contributed by atoms with E-state index in [4.69, 9.17) is 14.6 Å². The molecular weight excluding hydrogens is 238 g/mol. The smallest absolute Gasteiger partial charge is 0.332 e. The summed E-state index contributed by atoms with van der Waals surface area (Å²) in [6, 6.07) is 0. The molecule has 0 aromatic carbocycles. The van der Waals surface area contributed by atoms with Crippen LogP contribution in [0.2, 0.25) is 0 Å². The molecule has 2 saturated heterocycles. The van der Waals surface area contributed by atoms with Gasteiger partial charge in [-0.1, -0.05) is 0 Å². The lowest BCUT2D eigenvalue weighted by Crippen LogP contribution is -2.39. The normalized spacial score (nSPS) is 35.6. The molecule has 4 atom stereocenters. The number of nitrogens with one attached hydrogen (secondary N) is 1. The van der Waals surface area contributed by atoms with E-state index in [2.05, 4.69) is 5.32 Å². The van der Waals surface area contributed by atoms with Gasteiger partial charge >= 0.3 is 5.97 Å². The van der Waals surface area contributed by atoms with Crippen LogP contribution in [0, 0.1) is 5.92 Å². The summed E-state index contributed by atoms with van der Waals surface area (Å²) in [4.78, 5) is 22.5. The summed E-state index contributed by atoms with van der Waals surface area (Å²) in [6.45, 7) is 3.30. The molecular formula is C12H19NO5. The lowest BCUT2D eigenvalue weighted by atomic mass is 10.0. The highest BCUT2D eigenvalue weighted by atomic mass is 16.5. The summed E-state index contributed by atoms with van der Waals surface area (Å²) in [5, 5.41) is 11.6. The van der Waals surface area contributed by atoms with Gasteiger partial charge in [0.05, 0.1) is 6.10 Å². The van der Waals surface area contributed by atoms with E-state index in [-0.39, 0.29) is 12.0 Å². The molecule has 0 radical (unpaired) electrons. The molecule has 1 amide bonds. The van der Waals surface area contributed by atoms with Crippen LogP contribution < -0.4 is 5.32 Å². The summed E-state index contributed by atoms with van der Waals surface area (Å²) in [7, 11) is 0. The molecule has 18 heavy (non-hydrogen) atoms. The number of carboxylic acids is 1. The van der Waals surface area contributed by atoms with Crippen LogP contribution in [-0.2, 0) is 19.1 Å². The van der Waals surface area contributed by atoms with E-state index < -0.39 is 18.2 Å². The van der Waals surface area contributed by atoms with Gasteiger partial charge < -0.3 is 19.9 Å². The first-order chi connectivity index (χ1) is 8.58. The number of ether oxygens (including phenoxy) is 2. The van der Waals surface area contributed by atoms with Gasteiger partial charge in [-0.25, -0.2) is 4.79 Å². The highest BCUT2D eigenvalue weighted by molar-refractivity contribution is 5.82. The molecule has 0 aromatic rings. The van der Waals surface area contributed by atoms with Crippen molar-refractivity contribution in [2.45, 2.75) is 44.5 Å². The molecule has 0 spiro atoms. The van der Waals surface area contributed by atoms with Crippen LogP contribution in [0.1, 0.15) is 26.2 Å². The SMILES string of the molecule is CC1OCCC1CNC(=O)C1CCC(C(=O)O)O1. The van der Waals surface area contributed by atoms with Gasteiger partial charge in [-0.2, -0.15) is 0 Å². The highest BCUT2D eigenvalue weighted by Gasteiger charge is 2.35. The Morgan fingerprint density at radius 1 is 1.28 bits per heavy atom. The maximum atomic E-state index is 11.8. The van der Waals surface area contributed by atoms with Crippen LogP contribution in [-0.4, -0.2) is 48.4 Å². The number of amides is 1. The number of carbonyl (C=O) groups excluding carboxylic acids is 1. The topological polar surface area (TPSA) is 84.9 Å². The minimum atomic E-state index is -0.997. The average molecular weight is 257 g/mol. The van der Waals surface area contributed by atoms with E-state index in [0.29, 0.717) is 25.3 Å². The standard InChI is InChI=1S/C12H19NO5/c1-7-8(4-5-17-7)6-13-11(14)9-2-3-10(18-9)12(15)16/h7-10H,2-6H2,1H3,(H,13,14)(H,15,16). The van der Waals surface area contributed by atoms with Crippen LogP contribution in [0.15, 0.2) is 0 Å². The quantitative estimate of drug-likeness (QED) is 0.749. The molecule has 6 heteroatoms. The molecule has 2 heterocycles. The lowest BCUT2D eigenvalue weighted by molar-refractivity contribution is -0.151. The van der Waals surface area contributed by atoms with Gasteiger partial charge in [-0.05, 0) is 26.2 Å². The van der Waals surface area contributed by atoms with Crippen molar-refractivity contribution >= 4 is 11.9 Å². The Balaban J connectivity index is 1.74. The maximum Gasteiger partial charge on any atom is 0.332 e. The highest BCUT2D eigenvalue weighted by Crippen LogP contribution is 2.21. The number of carbonyl (C=O) groups is 2. The summed E-state index contributed by atoms with van der Waals surface area (Å²) in [5.74, 6) is -0.869. The zero-order chi connectivity index (χ0) is 13.1. The maximum absolute atomic E-state index is 11.8. The van der Waals surface area contributed by atoms with Gasteiger partial charge in [0.25, 0.3) is 0 Å². The number of hydrogen-bond acceptors (Lipinski definition) is 4. The van der Waals surface area contributed by atoms with Gasteiger partial charge in [0.2, 0.25) is 5.91 Å². The molecule has 2 aliphatic heterocycles. The van der Waals surface area contributed by atoms with Gasteiger partial charge in [-0.3, -0.25) is 4.79 Å². The summed E-state index contributed by atoms with van der Waals surface area (Å²) in [6.07, 6.45) is 0.528. The molecule has 2 aliphatic rings. The van der Waals surface area contributed by atoms with Crippen molar-refractivity contribution in [2.75, 3.05) is 13.2 Å². The van der Waals surface area contributed by atoms with Crippen LogP contribution in [0.5, 0.6) is 0 Å². The number of hydrogen-bond donors (Lipinski definition) is 2. The zero-order valence-electron chi connectivity index (χ0n) is 10.4. The predicted octanol–water partition coefficient (Wildman–Crippen LogP) is 0.160. The lowest BCUT2D eigenvalue weighted by Gasteiger charge is -2.17. The van der Waals surface area contributed by atoms with Crippen molar-refractivity contribution in [3.63, 3.8) is 0 Å². The van der Waals surface area contributed by atoms with E-state index in [9.17, 15) is 9.59 Å². The second-order valence-electron chi connectivity index (χ2n) is 4.90. The van der Waals surface area contributed by atoms with E-state index in [1.807, 2.05) is 6.92 Å². The third-order valence-electron chi connectivity index (χ3n) is 3.66. The molecule has 0 aliphatic carbocycles. The Morgan fingerprint density at radius 3 is 2.56 bits per heavy atom. The fourth-order valence-corrected chi connectivity index (χ4v) is 2.40. The number of aliphatic carboxylic acids is 1. The number of rotatable bonds is 4. The van der Waals surface area contributed by atoms with Crippen molar-refractivity contribution in [3.8, 4) is 0 Å². The van der Waals surface area contributed by atoms with Gasteiger partial charge in [-0.15, -0.1) is 0 Å². The molecule has 0 aromatic heterocycles. The van der Waals surface area contributed by atoms with Gasteiger partial charge in [0.15, 0.2) is 6.10 Å². The third-order valence-corrected chi connectivity index (χ3v) is 3.66. The zero-order valence-corrected chi connectivity index (χ0v) is 10.4. The minimum Gasteiger partial charge on any atom is -0.479 e. The van der Waals surface area contributed by atoms with Crippen molar-refractivity contribution in [1.82, 2.24) is 5.32 Å². The minimum absolute atomic E-state index is 0.168. The van der Waals surface area contributed by atoms with Crippen molar-refractivity contribution in [1.29, 1.82) is 0 Å². The molecule has 0 bridgehead atoms. The van der Waals surface area contributed by atoms with Crippen molar-refractivity contribution in [2.24, 2.45) is 5.92 Å². The van der Waals surface area contributed by atoms with Gasteiger partial charge in [0, 0.05) is 19.1 Å². The Labute approximate surface area is 106 Å². The molecule has 4 unspecified atom stereocenters. The Bertz CT molecular complexity index is 332. The fourth-order valence-electron chi connectivity index (χ4n) is 2.40. The summed E-state index contributed by atoms with van der Waals surface area (Å²) < 4.78 is 10.6. The van der Waals surface area contributed by atoms with Crippen LogP contribution in [0.25, 0.3) is 0 Å². The summed E-state index contributed by atoms with van der Waals surface area (Å²) >= 11 is 0. The number of carboxylic acid groups (broad SMARTS) is 1. The largest absolute Gasteiger partial charge is 0.479 e. The van der Waals surface area contributed by atoms with Crippen molar-refractivity contribution < 1.29 is 24.2 Å². The molecule has 2 fully saturated rings. The second kappa shape index (κ2) is 5.67. The third kappa shape index (κ3) is 3.00. The average Bonchev–Trinajstić information content (AvgIpc) is 2.94. The Kier molecular flexibility index (Phi) is 4.19. The van der Waals surface area contributed by atoms with E-state index in [0.717, 1.165) is 13.0 Å². The molecule has 2 N–H and O–H groups in total. The Hall–Kier alpha value is -1.14. The van der Waals surface area contributed by atoms with E-state index >= 15 is 0 Å². The first kappa shape index (κ1) is 13.3. The molecule has 6 nitrogen and oxygen atoms in total. The van der Waals surface area contributed by atoms with Gasteiger partial charge in [0.1, 0.15) is 6.10 Å². The van der Waals surface area contributed by atoms with Crippen molar-refractivity contribution in [3.05, 3.63) is 0 Å². The monoisotopic (exact) mass is 257 g/mol. The molecule has 0 saturated carbocycles. The second-order valence-corrected chi connectivity index (χ2v) is 4.90. The fraction of sp³-hybridized carbons (Fsp3) is 0.833. The van der Waals surface area contributed by atoms with E-state index in [1.54, 1.807) is 0 Å². The van der Waals surface area contributed by atoms with Crippen LogP contribution in [0.3, 0.4) is 0 Å². The first-order valence-corrected chi connectivity index (χ1v) is 6.35.